The van der Waals surface area contributed by atoms with Crippen LogP contribution in [0.2, 0.25) is 5.02 Å². The lowest BCUT2D eigenvalue weighted by Gasteiger charge is -2.17. The average molecular weight is 422 g/mol. The Morgan fingerprint density at radius 3 is 2.59 bits per heavy atom. The zero-order valence-corrected chi connectivity index (χ0v) is 16.9. The standard InChI is InChI=1S/C17H24ClNO7S/c1-3-4-5-6-17(20)25-11-13(12-26-27(2,23)24)9-14-10-15(18)7-8-16(14)19(21)22/h7-8,10,13H,3-6,9,11-12H2,1-2H3/t13-/m1/s1. The van der Waals surface area contributed by atoms with E-state index in [1.165, 1.54) is 18.2 Å². The van der Waals surface area contributed by atoms with Crippen molar-refractivity contribution in [2.24, 2.45) is 5.92 Å². The van der Waals surface area contributed by atoms with Gasteiger partial charge in [-0.05, 0) is 25.0 Å². The van der Waals surface area contributed by atoms with Crippen molar-refractivity contribution in [3.05, 3.63) is 38.9 Å². The molecule has 1 atom stereocenters. The monoisotopic (exact) mass is 421 g/mol. The second-order valence-corrected chi connectivity index (χ2v) is 8.31. The maximum Gasteiger partial charge on any atom is 0.305 e. The molecule has 0 bridgehead atoms. The summed E-state index contributed by atoms with van der Waals surface area (Å²) in [5.41, 5.74) is 0.176. The number of hydrogen-bond donors (Lipinski definition) is 0. The fourth-order valence-corrected chi connectivity index (χ4v) is 3.03. The Morgan fingerprint density at radius 1 is 1.30 bits per heavy atom. The van der Waals surface area contributed by atoms with Gasteiger partial charge in [-0.3, -0.25) is 19.1 Å². The molecule has 0 fully saturated rings. The van der Waals surface area contributed by atoms with Crippen molar-refractivity contribution in [2.45, 2.75) is 39.0 Å². The van der Waals surface area contributed by atoms with E-state index < -0.39 is 26.9 Å². The van der Waals surface area contributed by atoms with Crippen molar-refractivity contribution in [3.63, 3.8) is 0 Å². The van der Waals surface area contributed by atoms with Gasteiger partial charge in [-0.25, -0.2) is 0 Å². The van der Waals surface area contributed by atoms with Crippen molar-refractivity contribution in [1.29, 1.82) is 0 Å². The molecule has 0 saturated carbocycles. The highest BCUT2D eigenvalue weighted by Gasteiger charge is 2.21. The van der Waals surface area contributed by atoms with Gasteiger partial charge in [-0.1, -0.05) is 31.4 Å². The largest absolute Gasteiger partial charge is 0.465 e. The van der Waals surface area contributed by atoms with E-state index in [9.17, 15) is 23.3 Å². The van der Waals surface area contributed by atoms with Gasteiger partial charge in [0, 0.05) is 29.0 Å². The minimum atomic E-state index is -3.70. The van der Waals surface area contributed by atoms with Crippen LogP contribution in [0.25, 0.3) is 0 Å². The Morgan fingerprint density at radius 2 is 2.00 bits per heavy atom. The minimum absolute atomic E-state index is 0.0780. The third-order valence-corrected chi connectivity index (χ3v) is 4.53. The predicted molar refractivity (Wildman–Crippen MR) is 101 cm³/mol. The van der Waals surface area contributed by atoms with E-state index >= 15 is 0 Å². The third kappa shape index (κ3) is 9.69. The molecule has 0 aliphatic heterocycles. The van der Waals surface area contributed by atoms with Crippen LogP contribution in [-0.2, 0) is 30.3 Å². The van der Waals surface area contributed by atoms with Crippen LogP contribution in [0.4, 0.5) is 5.69 Å². The smallest absolute Gasteiger partial charge is 0.305 e. The zero-order valence-electron chi connectivity index (χ0n) is 15.4. The summed E-state index contributed by atoms with van der Waals surface area (Å²) in [4.78, 5) is 22.4. The molecule has 0 aromatic heterocycles. The molecule has 0 spiro atoms. The van der Waals surface area contributed by atoms with Gasteiger partial charge < -0.3 is 4.74 Å². The van der Waals surface area contributed by atoms with Gasteiger partial charge in [-0.15, -0.1) is 0 Å². The van der Waals surface area contributed by atoms with Crippen molar-refractivity contribution < 1.29 is 27.1 Å². The first-order valence-corrected chi connectivity index (χ1v) is 10.7. The second-order valence-electron chi connectivity index (χ2n) is 6.23. The molecular weight excluding hydrogens is 398 g/mol. The average Bonchev–Trinajstić information content (AvgIpc) is 2.56. The van der Waals surface area contributed by atoms with Gasteiger partial charge in [0.25, 0.3) is 15.8 Å². The molecule has 1 rings (SSSR count). The van der Waals surface area contributed by atoms with Crippen LogP contribution in [0.15, 0.2) is 18.2 Å². The lowest BCUT2D eigenvalue weighted by Crippen LogP contribution is -2.23. The van der Waals surface area contributed by atoms with Gasteiger partial charge in [0.2, 0.25) is 0 Å². The number of nitrogens with zero attached hydrogens (tertiary/aromatic N) is 1. The van der Waals surface area contributed by atoms with Crippen molar-refractivity contribution >= 4 is 33.4 Å². The highest BCUT2D eigenvalue weighted by molar-refractivity contribution is 7.85. The maximum atomic E-state index is 11.8. The zero-order chi connectivity index (χ0) is 20.4. The lowest BCUT2D eigenvalue weighted by atomic mass is 9.99. The summed E-state index contributed by atoms with van der Waals surface area (Å²) in [6.07, 6.45) is 3.84. The molecule has 8 nitrogen and oxygen atoms in total. The number of hydrogen-bond acceptors (Lipinski definition) is 7. The molecule has 0 aliphatic rings. The Kier molecular flexibility index (Phi) is 9.68. The molecule has 0 amide bonds. The SMILES string of the molecule is CCCCCC(=O)OC[C@H](COS(C)(=O)=O)Cc1cc(Cl)ccc1[N+](=O)[O-]. The van der Waals surface area contributed by atoms with E-state index in [1.54, 1.807) is 0 Å². The summed E-state index contributed by atoms with van der Waals surface area (Å²) in [5.74, 6) is -0.972. The van der Waals surface area contributed by atoms with Crippen LogP contribution in [0.1, 0.15) is 38.2 Å². The molecule has 27 heavy (non-hydrogen) atoms. The van der Waals surface area contributed by atoms with Gasteiger partial charge in [0.05, 0.1) is 24.4 Å². The van der Waals surface area contributed by atoms with E-state index in [-0.39, 0.29) is 31.7 Å². The first-order valence-electron chi connectivity index (χ1n) is 8.55. The first kappa shape index (κ1) is 23.3. The molecule has 0 unspecified atom stereocenters. The number of benzene rings is 1. The maximum absolute atomic E-state index is 11.8. The number of nitro benzene ring substituents is 1. The van der Waals surface area contributed by atoms with E-state index in [2.05, 4.69) is 0 Å². The Balaban J connectivity index is 2.84. The van der Waals surface area contributed by atoms with Gasteiger partial charge >= 0.3 is 5.97 Å². The summed E-state index contributed by atoms with van der Waals surface area (Å²) < 4.78 is 32.5. The number of nitro groups is 1. The normalized spacial score (nSPS) is 12.6. The summed E-state index contributed by atoms with van der Waals surface area (Å²) in [7, 11) is -3.70. The molecule has 1 aromatic rings. The van der Waals surface area contributed by atoms with Gasteiger partial charge in [-0.2, -0.15) is 8.42 Å². The Hall–Kier alpha value is -1.71. The third-order valence-electron chi connectivity index (χ3n) is 3.73. The number of halogens is 1. The van der Waals surface area contributed by atoms with Gasteiger partial charge in [0.15, 0.2) is 0 Å². The summed E-state index contributed by atoms with van der Waals surface area (Å²) in [5, 5.41) is 11.5. The molecular formula is C17H24ClNO7S. The predicted octanol–water partition coefficient (Wildman–Crippen LogP) is 3.51. The summed E-state index contributed by atoms with van der Waals surface area (Å²) in [6, 6.07) is 4.12. The highest BCUT2D eigenvalue weighted by atomic mass is 35.5. The quantitative estimate of drug-likeness (QED) is 0.167. The fourth-order valence-electron chi connectivity index (χ4n) is 2.39. The number of ether oxygens (including phenoxy) is 1. The molecule has 0 heterocycles. The van der Waals surface area contributed by atoms with Crippen LogP contribution < -0.4 is 0 Å². The molecule has 10 heteroatoms. The number of carbonyl (C=O) groups is 1. The van der Waals surface area contributed by atoms with Crippen molar-refractivity contribution in [1.82, 2.24) is 0 Å². The molecule has 1 aromatic carbocycles. The first-order chi connectivity index (χ1) is 12.6. The topological polar surface area (TPSA) is 113 Å². The van der Waals surface area contributed by atoms with Crippen LogP contribution in [-0.4, -0.2) is 38.8 Å². The van der Waals surface area contributed by atoms with Crippen LogP contribution in [0, 0.1) is 16.0 Å². The van der Waals surface area contributed by atoms with E-state index in [1.807, 2.05) is 6.92 Å². The molecule has 0 saturated heterocycles. The van der Waals surface area contributed by atoms with E-state index in [0.29, 0.717) is 17.0 Å². The number of esters is 1. The summed E-state index contributed by atoms with van der Waals surface area (Å²) >= 11 is 5.92. The lowest BCUT2D eigenvalue weighted by molar-refractivity contribution is -0.385. The van der Waals surface area contributed by atoms with Crippen LogP contribution in [0.5, 0.6) is 0 Å². The fraction of sp³-hybridized carbons (Fsp3) is 0.588. The second kappa shape index (κ2) is 11.2. The Bertz CT molecular complexity index is 752. The van der Waals surface area contributed by atoms with Crippen LogP contribution in [0.3, 0.4) is 0 Å². The number of rotatable bonds is 12. The van der Waals surface area contributed by atoms with E-state index in [4.69, 9.17) is 20.5 Å². The van der Waals surface area contributed by atoms with Crippen molar-refractivity contribution in [3.8, 4) is 0 Å². The van der Waals surface area contributed by atoms with Crippen LogP contribution >= 0.6 is 11.6 Å². The molecule has 0 aliphatic carbocycles. The highest BCUT2D eigenvalue weighted by Crippen LogP contribution is 2.26. The Labute approximate surface area is 164 Å². The van der Waals surface area contributed by atoms with E-state index in [0.717, 1.165) is 19.1 Å². The van der Waals surface area contributed by atoms with Gasteiger partial charge in [0.1, 0.15) is 0 Å². The summed E-state index contributed by atoms with van der Waals surface area (Å²) in [6.45, 7) is 1.65. The molecule has 0 radical (unpaired) electrons. The van der Waals surface area contributed by atoms with Crippen molar-refractivity contribution in [2.75, 3.05) is 19.5 Å². The number of carbonyl (C=O) groups excluding carboxylic acids is 1. The molecule has 0 N–H and O–H groups in total. The minimum Gasteiger partial charge on any atom is -0.465 e. The molecule has 152 valence electrons. The number of unbranched alkanes of at least 4 members (excludes halogenated alkanes) is 2.